The van der Waals surface area contributed by atoms with Crippen LogP contribution in [0.25, 0.3) is 0 Å². The number of anilines is 1. The van der Waals surface area contributed by atoms with Gasteiger partial charge in [-0.2, -0.15) is 0 Å². The summed E-state index contributed by atoms with van der Waals surface area (Å²) >= 11 is 0. The van der Waals surface area contributed by atoms with Gasteiger partial charge in [-0.05, 0) is 38.5 Å². The number of pyridine rings is 1. The number of nitrogens with one attached hydrogen (secondary N) is 1. The SMILES string of the molecule is C=C(C)CN(CC)c1cc(CNC(C)C)cc(C)n1. The van der Waals surface area contributed by atoms with E-state index in [1.54, 1.807) is 0 Å². The molecule has 0 aromatic carbocycles. The molecule has 0 aliphatic rings. The molecular weight excluding hydrogens is 234 g/mol. The average molecular weight is 261 g/mol. The van der Waals surface area contributed by atoms with Crippen LogP contribution in [-0.2, 0) is 6.54 Å². The van der Waals surface area contributed by atoms with Crippen LogP contribution in [0.4, 0.5) is 5.82 Å². The van der Waals surface area contributed by atoms with E-state index < -0.39 is 0 Å². The second-order valence-corrected chi connectivity index (χ2v) is 5.48. The monoisotopic (exact) mass is 261 g/mol. The first-order valence-electron chi connectivity index (χ1n) is 7.02. The average Bonchev–Trinajstić information content (AvgIpc) is 2.32. The lowest BCUT2D eigenvalue weighted by molar-refractivity contribution is 0.588. The van der Waals surface area contributed by atoms with Gasteiger partial charge in [0.25, 0.3) is 0 Å². The van der Waals surface area contributed by atoms with Crippen molar-refractivity contribution in [3.05, 3.63) is 35.5 Å². The van der Waals surface area contributed by atoms with E-state index in [1.807, 2.05) is 0 Å². The molecule has 0 bridgehead atoms. The van der Waals surface area contributed by atoms with Gasteiger partial charge in [-0.3, -0.25) is 0 Å². The van der Waals surface area contributed by atoms with Gasteiger partial charge in [-0.15, -0.1) is 0 Å². The molecule has 0 fully saturated rings. The smallest absolute Gasteiger partial charge is 0.129 e. The van der Waals surface area contributed by atoms with Crippen LogP contribution in [0.5, 0.6) is 0 Å². The molecule has 0 aliphatic heterocycles. The maximum Gasteiger partial charge on any atom is 0.129 e. The first-order chi connectivity index (χ1) is 8.92. The van der Waals surface area contributed by atoms with Gasteiger partial charge in [0.05, 0.1) is 0 Å². The van der Waals surface area contributed by atoms with Crippen molar-refractivity contribution in [1.82, 2.24) is 10.3 Å². The van der Waals surface area contributed by atoms with Crippen molar-refractivity contribution < 1.29 is 0 Å². The fourth-order valence-electron chi connectivity index (χ4n) is 1.99. The minimum atomic E-state index is 0.495. The molecule has 3 nitrogen and oxygen atoms in total. The second-order valence-electron chi connectivity index (χ2n) is 5.48. The van der Waals surface area contributed by atoms with Crippen LogP contribution in [0.1, 0.15) is 39.0 Å². The lowest BCUT2D eigenvalue weighted by atomic mass is 10.2. The molecule has 1 heterocycles. The van der Waals surface area contributed by atoms with Crippen molar-refractivity contribution >= 4 is 5.82 Å². The van der Waals surface area contributed by atoms with Crippen molar-refractivity contribution in [1.29, 1.82) is 0 Å². The molecule has 0 spiro atoms. The molecule has 106 valence electrons. The summed E-state index contributed by atoms with van der Waals surface area (Å²) in [6.07, 6.45) is 0. The Bertz CT molecular complexity index is 424. The molecule has 19 heavy (non-hydrogen) atoms. The van der Waals surface area contributed by atoms with Crippen LogP contribution >= 0.6 is 0 Å². The molecule has 3 heteroatoms. The predicted molar refractivity (Wildman–Crippen MR) is 83.7 cm³/mol. The van der Waals surface area contributed by atoms with Crippen LogP contribution in [0.2, 0.25) is 0 Å². The fraction of sp³-hybridized carbons (Fsp3) is 0.562. The number of hydrogen-bond donors (Lipinski definition) is 1. The topological polar surface area (TPSA) is 28.2 Å². The van der Waals surface area contributed by atoms with Crippen LogP contribution in [-0.4, -0.2) is 24.1 Å². The number of rotatable bonds is 7. The van der Waals surface area contributed by atoms with Gasteiger partial charge in [-0.25, -0.2) is 4.98 Å². The highest BCUT2D eigenvalue weighted by molar-refractivity contribution is 5.43. The summed E-state index contributed by atoms with van der Waals surface area (Å²) in [4.78, 5) is 6.90. The third-order valence-electron chi connectivity index (χ3n) is 2.88. The van der Waals surface area contributed by atoms with Crippen molar-refractivity contribution in [3.8, 4) is 0 Å². The molecule has 1 rings (SSSR count). The minimum absolute atomic E-state index is 0.495. The normalized spacial score (nSPS) is 10.8. The number of aromatic nitrogens is 1. The second kappa shape index (κ2) is 7.29. The Balaban J connectivity index is 2.90. The summed E-state index contributed by atoms with van der Waals surface area (Å²) in [6, 6.07) is 4.82. The third-order valence-corrected chi connectivity index (χ3v) is 2.88. The lowest BCUT2D eigenvalue weighted by Gasteiger charge is -2.23. The molecule has 1 aromatic heterocycles. The van der Waals surface area contributed by atoms with E-state index in [2.05, 4.69) is 68.5 Å². The van der Waals surface area contributed by atoms with Crippen molar-refractivity contribution in [2.24, 2.45) is 0 Å². The zero-order valence-electron chi connectivity index (χ0n) is 13.0. The Kier molecular flexibility index (Phi) is 6.03. The van der Waals surface area contributed by atoms with Gasteiger partial charge in [0, 0.05) is 31.4 Å². The summed E-state index contributed by atoms with van der Waals surface area (Å²) in [5.41, 5.74) is 3.52. The van der Waals surface area contributed by atoms with E-state index in [0.29, 0.717) is 6.04 Å². The number of nitrogens with zero attached hydrogens (tertiary/aromatic N) is 2. The Labute approximate surface area is 117 Å². The zero-order valence-corrected chi connectivity index (χ0v) is 13.0. The highest BCUT2D eigenvalue weighted by Gasteiger charge is 2.08. The number of aryl methyl sites for hydroxylation is 1. The van der Waals surface area contributed by atoms with Gasteiger partial charge in [0.2, 0.25) is 0 Å². The van der Waals surface area contributed by atoms with Gasteiger partial charge < -0.3 is 10.2 Å². The molecule has 0 amide bonds. The first kappa shape index (κ1) is 15.7. The molecule has 0 radical (unpaired) electrons. The fourth-order valence-corrected chi connectivity index (χ4v) is 1.99. The summed E-state index contributed by atoms with van der Waals surface area (Å²) in [5, 5.41) is 3.45. The quantitative estimate of drug-likeness (QED) is 0.763. The van der Waals surface area contributed by atoms with Crippen molar-refractivity contribution in [2.45, 2.75) is 47.2 Å². The van der Waals surface area contributed by atoms with E-state index in [9.17, 15) is 0 Å². The lowest BCUT2D eigenvalue weighted by Crippen LogP contribution is -2.26. The van der Waals surface area contributed by atoms with E-state index >= 15 is 0 Å². The van der Waals surface area contributed by atoms with Gasteiger partial charge >= 0.3 is 0 Å². The Hall–Kier alpha value is -1.35. The van der Waals surface area contributed by atoms with E-state index in [0.717, 1.165) is 36.7 Å². The molecule has 0 aliphatic carbocycles. The number of likely N-dealkylation sites (N-methyl/N-ethyl adjacent to an activating group) is 1. The largest absolute Gasteiger partial charge is 0.353 e. The zero-order chi connectivity index (χ0) is 14.4. The Morgan fingerprint density at radius 2 is 2.11 bits per heavy atom. The third kappa shape index (κ3) is 5.43. The maximum absolute atomic E-state index is 4.64. The van der Waals surface area contributed by atoms with Crippen molar-refractivity contribution in [2.75, 3.05) is 18.0 Å². The van der Waals surface area contributed by atoms with E-state index in [4.69, 9.17) is 0 Å². The molecule has 0 saturated carbocycles. The molecular formula is C16H27N3. The van der Waals surface area contributed by atoms with E-state index in [-0.39, 0.29) is 0 Å². The Morgan fingerprint density at radius 1 is 1.42 bits per heavy atom. The molecule has 1 N–H and O–H groups in total. The van der Waals surface area contributed by atoms with Gasteiger partial charge in [0.15, 0.2) is 0 Å². The van der Waals surface area contributed by atoms with E-state index in [1.165, 1.54) is 5.56 Å². The predicted octanol–water partition coefficient (Wildman–Crippen LogP) is 3.29. The summed E-state index contributed by atoms with van der Waals surface area (Å²) in [6.45, 7) is 17.3. The van der Waals surface area contributed by atoms with Gasteiger partial charge in [0.1, 0.15) is 5.82 Å². The first-order valence-corrected chi connectivity index (χ1v) is 7.02. The maximum atomic E-state index is 4.64. The van der Waals surface area contributed by atoms with Crippen LogP contribution < -0.4 is 10.2 Å². The standard InChI is InChI=1S/C16H27N3/c1-7-19(11-12(2)3)16-9-15(8-14(6)18-16)10-17-13(4)5/h8-9,13,17H,2,7,10-11H2,1,3-6H3. The van der Waals surface area contributed by atoms with Crippen LogP contribution in [0.15, 0.2) is 24.3 Å². The summed E-state index contributed by atoms with van der Waals surface area (Å²) < 4.78 is 0. The van der Waals surface area contributed by atoms with Crippen LogP contribution in [0, 0.1) is 6.92 Å². The highest BCUT2D eigenvalue weighted by atomic mass is 15.2. The molecule has 0 unspecified atom stereocenters. The molecule has 0 saturated heterocycles. The summed E-state index contributed by atoms with van der Waals surface area (Å²) in [7, 11) is 0. The highest BCUT2D eigenvalue weighted by Crippen LogP contribution is 2.16. The molecule has 0 atom stereocenters. The van der Waals surface area contributed by atoms with Crippen LogP contribution in [0.3, 0.4) is 0 Å². The number of hydrogen-bond acceptors (Lipinski definition) is 3. The minimum Gasteiger partial charge on any atom is -0.353 e. The van der Waals surface area contributed by atoms with Gasteiger partial charge in [-0.1, -0.05) is 26.0 Å². The summed E-state index contributed by atoms with van der Waals surface area (Å²) in [5.74, 6) is 1.05. The van der Waals surface area contributed by atoms with Crippen molar-refractivity contribution in [3.63, 3.8) is 0 Å². The molecule has 1 aromatic rings. The Morgan fingerprint density at radius 3 is 2.63 bits per heavy atom.